The number of ether oxygens (including phenoxy) is 1. The van der Waals surface area contributed by atoms with Gasteiger partial charge in [-0.05, 0) is 19.1 Å². The van der Waals surface area contributed by atoms with Crippen molar-refractivity contribution in [3.63, 3.8) is 0 Å². The van der Waals surface area contributed by atoms with Crippen molar-refractivity contribution in [2.45, 2.75) is 13.1 Å². The zero-order chi connectivity index (χ0) is 19.1. The molecule has 2 aromatic heterocycles. The van der Waals surface area contributed by atoms with Crippen LogP contribution >= 0.6 is 22.1 Å². The van der Waals surface area contributed by atoms with Crippen LogP contribution in [0.4, 0.5) is 13.2 Å². The van der Waals surface area contributed by atoms with E-state index in [4.69, 9.17) is 16.3 Å². The van der Waals surface area contributed by atoms with Crippen LogP contribution in [0.2, 0.25) is 5.02 Å². The summed E-state index contributed by atoms with van der Waals surface area (Å²) in [4.78, 5) is 17.6. The number of esters is 1. The first kappa shape index (κ1) is 18.7. The largest absolute Gasteiger partial charge is 0.462 e. The van der Waals surface area contributed by atoms with Crippen LogP contribution < -0.4 is 0 Å². The first-order chi connectivity index (χ1) is 12.2. The fraction of sp³-hybridized carbons (Fsp3) is 0.222. The third-order valence-electron chi connectivity index (χ3n) is 3.82. The number of rotatable bonds is 3. The van der Waals surface area contributed by atoms with Crippen LogP contribution in [0.15, 0.2) is 35.7 Å². The van der Waals surface area contributed by atoms with Crippen LogP contribution in [0.1, 0.15) is 22.8 Å². The van der Waals surface area contributed by atoms with Gasteiger partial charge in [-0.2, -0.15) is 18.2 Å². The number of thiophene rings is 1. The fourth-order valence-electron chi connectivity index (χ4n) is 2.62. The van der Waals surface area contributed by atoms with E-state index in [0.717, 1.165) is 12.1 Å². The molecule has 0 aliphatic rings. The zero-order valence-corrected chi connectivity index (χ0v) is 15.4. The summed E-state index contributed by atoms with van der Waals surface area (Å²) in [5.74, 6) is -0.712. The lowest BCUT2D eigenvalue weighted by molar-refractivity contribution is -0.137. The molecule has 0 saturated carbocycles. The van der Waals surface area contributed by atoms with Crippen molar-refractivity contribution in [2.24, 2.45) is 6.26 Å². The number of nitrogens with zero attached hydrogens (tertiary/aromatic N) is 1. The molecule has 26 heavy (non-hydrogen) atoms. The summed E-state index contributed by atoms with van der Waals surface area (Å²) in [6, 6.07) is 6.45. The molecular formula is C18H14ClF3NO2S+. The number of fused-ring (bicyclic) bond motifs is 1. The minimum atomic E-state index is -4.50. The monoisotopic (exact) mass is 400 g/mol. The van der Waals surface area contributed by atoms with Crippen LogP contribution in [-0.4, -0.2) is 17.6 Å². The van der Waals surface area contributed by atoms with Gasteiger partial charge in [0.05, 0.1) is 28.3 Å². The van der Waals surface area contributed by atoms with Crippen molar-refractivity contribution < 1.29 is 22.7 Å². The highest BCUT2D eigenvalue weighted by Crippen LogP contribution is 2.40. The molecule has 3 aromatic rings. The molecule has 0 aliphatic heterocycles. The molecular weight excluding hydrogens is 387 g/mol. The first-order valence-electron chi connectivity index (χ1n) is 7.65. The lowest BCUT2D eigenvalue weighted by Crippen LogP contribution is -2.10. The molecule has 0 saturated heterocycles. The van der Waals surface area contributed by atoms with Gasteiger partial charge in [-0.25, -0.2) is 4.79 Å². The van der Waals surface area contributed by atoms with E-state index in [1.54, 1.807) is 13.0 Å². The Balaban J connectivity index is 2.32. The van der Waals surface area contributed by atoms with Gasteiger partial charge >= 0.3 is 12.1 Å². The molecule has 2 heterocycles. The zero-order valence-electron chi connectivity index (χ0n) is 13.9. The van der Waals surface area contributed by atoms with E-state index in [-0.39, 0.29) is 38.9 Å². The number of carbonyl (C=O) groups excluding carboxylic acids is 1. The second kappa shape index (κ2) is 6.89. The van der Waals surface area contributed by atoms with Gasteiger partial charge in [0.25, 0.3) is 4.83 Å². The Labute approximate surface area is 155 Å². The Morgan fingerprint density at radius 1 is 1.31 bits per heavy atom. The minimum Gasteiger partial charge on any atom is -0.462 e. The highest BCUT2D eigenvalue weighted by atomic mass is 35.5. The summed E-state index contributed by atoms with van der Waals surface area (Å²) in [7, 11) is -0.340. The van der Waals surface area contributed by atoms with Crippen molar-refractivity contribution in [1.82, 2.24) is 4.98 Å². The minimum absolute atomic E-state index is 0.0184. The number of hydrogen-bond donors (Lipinski definition) is 0. The molecule has 0 spiro atoms. The van der Waals surface area contributed by atoms with Crippen LogP contribution in [0.25, 0.3) is 21.5 Å². The van der Waals surface area contributed by atoms with E-state index in [1.807, 2.05) is 11.6 Å². The third-order valence-corrected chi connectivity index (χ3v) is 5.68. The Morgan fingerprint density at radius 2 is 2.04 bits per heavy atom. The summed E-state index contributed by atoms with van der Waals surface area (Å²) in [5, 5.41) is 2.65. The van der Waals surface area contributed by atoms with Crippen LogP contribution in [0.3, 0.4) is 0 Å². The summed E-state index contributed by atoms with van der Waals surface area (Å²) in [6.45, 7) is 1.75. The second-order valence-electron chi connectivity index (χ2n) is 5.53. The molecule has 0 aliphatic carbocycles. The lowest BCUT2D eigenvalue weighted by atomic mass is 10.0. The van der Waals surface area contributed by atoms with Gasteiger partial charge in [0.2, 0.25) is 0 Å². The average Bonchev–Trinajstić information content (AvgIpc) is 2.96. The molecule has 3 nitrogen and oxygen atoms in total. The average molecular weight is 401 g/mol. The molecule has 1 aromatic carbocycles. The van der Waals surface area contributed by atoms with Gasteiger partial charge in [0.15, 0.2) is 0 Å². The van der Waals surface area contributed by atoms with Gasteiger partial charge in [-0.1, -0.05) is 23.7 Å². The number of pyridine rings is 1. The third kappa shape index (κ3) is 3.29. The van der Waals surface area contributed by atoms with E-state index >= 15 is 0 Å². The Kier molecular flexibility index (Phi) is 4.94. The summed E-state index contributed by atoms with van der Waals surface area (Å²) >= 11 is 6.42. The number of alkyl halides is 3. The first-order valence-corrected chi connectivity index (χ1v) is 9.72. The number of benzene rings is 1. The molecule has 1 atom stereocenters. The highest BCUT2D eigenvalue weighted by Gasteiger charge is 2.32. The van der Waals surface area contributed by atoms with Crippen LogP contribution in [0.5, 0.6) is 0 Å². The summed E-state index contributed by atoms with van der Waals surface area (Å²) in [5.41, 5.74) is -0.579. The molecule has 1 unspecified atom stereocenters. The maximum Gasteiger partial charge on any atom is 0.416 e. The van der Waals surface area contributed by atoms with E-state index < -0.39 is 17.7 Å². The number of carbonyl (C=O) groups is 1. The summed E-state index contributed by atoms with van der Waals surface area (Å²) in [6.07, 6.45) is -2.58. The van der Waals surface area contributed by atoms with Crippen molar-refractivity contribution in [2.75, 3.05) is 6.61 Å². The van der Waals surface area contributed by atoms with Crippen LogP contribution in [0, 0.1) is 0 Å². The SMILES string of the molecule is CCOC(=O)c1c(-c2cccc(C(F)(F)F)c2)nc2c(cc[s+]2C)c1Cl. The quantitative estimate of drug-likeness (QED) is 0.397. The molecule has 8 heteroatoms. The Hall–Kier alpha value is -2.12. The van der Waals surface area contributed by atoms with Gasteiger partial charge in [0.1, 0.15) is 17.2 Å². The van der Waals surface area contributed by atoms with Crippen molar-refractivity contribution in [3.8, 4) is 11.3 Å². The molecule has 0 amide bonds. The topological polar surface area (TPSA) is 39.2 Å². The Morgan fingerprint density at radius 3 is 2.69 bits per heavy atom. The molecule has 0 radical (unpaired) electrons. The van der Waals surface area contributed by atoms with E-state index in [0.29, 0.717) is 10.2 Å². The predicted octanol–water partition coefficient (Wildman–Crippen LogP) is 6.04. The van der Waals surface area contributed by atoms with E-state index in [2.05, 4.69) is 4.98 Å². The number of aromatic nitrogens is 1. The Bertz CT molecular complexity index is 998. The fourth-order valence-corrected chi connectivity index (χ4v) is 4.21. The normalized spacial score (nSPS) is 12.5. The van der Waals surface area contributed by atoms with Gasteiger partial charge in [0, 0.05) is 22.1 Å². The van der Waals surface area contributed by atoms with E-state index in [9.17, 15) is 18.0 Å². The van der Waals surface area contributed by atoms with E-state index in [1.165, 1.54) is 12.1 Å². The van der Waals surface area contributed by atoms with Crippen molar-refractivity contribution in [3.05, 3.63) is 51.9 Å². The lowest BCUT2D eigenvalue weighted by Gasteiger charge is -2.12. The molecule has 0 N–H and O–H groups in total. The smallest absolute Gasteiger partial charge is 0.416 e. The van der Waals surface area contributed by atoms with Gasteiger partial charge in [-0.3, -0.25) is 0 Å². The second-order valence-corrected chi connectivity index (χ2v) is 7.68. The van der Waals surface area contributed by atoms with Crippen molar-refractivity contribution in [1.29, 1.82) is 0 Å². The number of halogens is 4. The van der Waals surface area contributed by atoms with Gasteiger partial charge < -0.3 is 4.74 Å². The highest BCUT2D eigenvalue weighted by molar-refractivity contribution is 7.34. The number of hydrogen-bond acceptors (Lipinski definition) is 3. The van der Waals surface area contributed by atoms with Gasteiger partial charge in [-0.15, -0.1) is 0 Å². The predicted molar refractivity (Wildman–Crippen MR) is 96.6 cm³/mol. The molecule has 0 fully saturated rings. The molecule has 136 valence electrons. The molecule has 0 bridgehead atoms. The standard InChI is InChI=1S/C18H14ClF3NO2S/c1-3-25-17(24)13-14(19)12-7-8-26(2)16(12)23-15(13)10-5-4-6-11(9-10)18(20,21)22/h4-9H,3H2,1-2H3/q+1. The maximum absolute atomic E-state index is 13.1. The number of aryl methyl sites for hydroxylation is 1. The molecule has 3 rings (SSSR count). The van der Waals surface area contributed by atoms with Crippen LogP contribution in [-0.2, 0) is 17.2 Å². The maximum atomic E-state index is 13.1. The van der Waals surface area contributed by atoms with Crippen molar-refractivity contribution >= 4 is 38.3 Å². The summed E-state index contributed by atoms with van der Waals surface area (Å²) < 4.78 is 44.3.